The minimum Gasteiger partial charge on any atom is -0.480 e. The number of rotatable bonds is 3. The number of aromatic nitrogens is 2. The van der Waals surface area contributed by atoms with Crippen molar-refractivity contribution in [1.82, 2.24) is 9.97 Å². The molecule has 0 aliphatic rings. The highest BCUT2D eigenvalue weighted by atomic mass is 16.5. The summed E-state index contributed by atoms with van der Waals surface area (Å²) in [4.78, 5) is 8.35. The number of benzene rings is 2. The minimum absolute atomic E-state index is 0.0552. The molecule has 0 spiro atoms. The molecule has 0 amide bonds. The average molecular weight is 266 g/mol. The Hall–Kier alpha value is -2.46. The third-order valence-corrected chi connectivity index (χ3v) is 3.26. The molecule has 0 saturated heterocycles. The fourth-order valence-electron chi connectivity index (χ4n) is 2.18. The lowest BCUT2D eigenvalue weighted by Crippen LogP contribution is -1.91. The lowest BCUT2D eigenvalue weighted by molar-refractivity contribution is 0.282. The molecule has 1 heterocycles. The van der Waals surface area contributed by atoms with Gasteiger partial charge >= 0.3 is 0 Å². The zero-order valence-corrected chi connectivity index (χ0v) is 11.1. The van der Waals surface area contributed by atoms with Gasteiger partial charge in [0.05, 0.1) is 24.6 Å². The van der Waals surface area contributed by atoms with Crippen LogP contribution in [0.5, 0.6) is 5.88 Å². The number of hydrogen-bond acceptors (Lipinski definition) is 4. The van der Waals surface area contributed by atoms with Gasteiger partial charge in [0.2, 0.25) is 5.88 Å². The summed E-state index contributed by atoms with van der Waals surface area (Å²) in [5.41, 5.74) is 3.90. The maximum absolute atomic E-state index is 9.08. The van der Waals surface area contributed by atoms with Gasteiger partial charge in [-0.05, 0) is 28.8 Å². The number of ether oxygens (including phenoxy) is 1. The number of fused-ring (bicyclic) bond motifs is 1. The maximum atomic E-state index is 9.08. The SMILES string of the molecule is COc1ncnc2ccc(-c3ccc(CO)cc3)cc12. The van der Waals surface area contributed by atoms with Gasteiger partial charge in [0.25, 0.3) is 0 Å². The van der Waals surface area contributed by atoms with E-state index in [1.807, 2.05) is 42.5 Å². The van der Waals surface area contributed by atoms with E-state index in [4.69, 9.17) is 9.84 Å². The summed E-state index contributed by atoms with van der Waals surface area (Å²) in [5.74, 6) is 0.573. The van der Waals surface area contributed by atoms with Crippen molar-refractivity contribution in [2.75, 3.05) is 7.11 Å². The van der Waals surface area contributed by atoms with Gasteiger partial charge in [0.15, 0.2) is 0 Å². The number of methoxy groups -OCH3 is 1. The first-order valence-corrected chi connectivity index (χ1v) is 6.31. The second-order valence-electron chi connectivity index (χ2n) is 4.47. The third-order valence-electron chi connectivity index (χ3n) is 3.26. The second kappa shape index (κ2) is 5.27. The molecule has 2 aromatic carbocycles. The van der Waals surface area contributed by atoms with Crippen molar-refractivity contribution in [3.05, 3.63) is 54.4 Å². The molecule has 0 saturated carbocycles. The van der Waals surface area contributed by atoms with E-state index in [0.29, 0.717) is 5.88 Å². The molecule has 0 bridgehead atoms. The van der Waals surface area contributed by atoms with Crippen LogP contribution in [0.3, 0.4) is 0 Å². The van der Waals surface area contributed by atoms with Gasteiger partial charge in [-0.1, -0.05) is 30.3 Å². The standard InChI is InChI=1S/C16H14N2O2/c1-20-16-14-8-13(6-7-15(14)17-10-18-16)12-4-2-11(9-19)3-5-12/h2-8,10,19H,9H2,1H3. The van der Waals surface area contributed by atoms with Crippen molar-refractivity contribution in [2.24, 2.45) is 0 Å². The molecule has 0 radical (unpaired) electrons. The van der Waals surface area contributed by atoms with Crippen LogP contribution in [0, 0.1) is 0 Å². The number of nitrogens with zero attached hydrogens (tertiary/aromatic N) is 2. The van der Waals surface area contributed by atoms with Crippen molar-refractivity contribution in [3.63, 3.8) is 0 Å². The molecule has 4 heteroatoms. The predicted octanol–water partition coefficient (Wildman–Crippen LogP) is 2.80. The Labute approximate surface area is 116 Å². The van der Waals surface area contributed by atoms with Gasteiger partial charge < -0.3 is 9.84 Å². The Morgan fingerprint density at radius 3 is 2.45 bits per heavy atom. The van der Waals surface area contributed by atoms with Gasteiger partial charge in [-0.15, -0.1) is 0 Å². The van der Waals surface area contributed by atoms with Gasteiger partial charge in [-0.25, -0.2) is 9.97 Å². The first kappa shape index (κ1) is 12.6. The molecule has 0 atom stereocenters. The van der Waals surface area contributed by atoms with Crippen LogP contribution in [-0.2, 0) is 6.61 Å². The van der Waals surface area contributed by atoms with Crippen molar-refractivity contribution in [3.8, 4) is 17.0 Å². The zero-order chi connectivity index (χ0) is 13.9. The Morgan fingerprint density at radius 1 is 1.00 bits per heavy atom. The minimum atomic E-state index is 0.0552. The summed E-state index contributed by atoms with van der Waals surface area (Å²) >= 11 is 0. The maximum Gasteiger partial charge on any atom is 0.224 e. The van der Waals surface area contributed by atoms with Gasteiger partial charge in [-0.2, -0.15) is 0 Å². The summed E-state index contributed by atoms with van der Waals surface area (Å²) in [5, 5.41) is 9.96. The molecule has 3 aromatic rings. The highest BCUT2D eigenvalue weighted by molar-refractivity contribution is 5.88. The Kier molecular flexibility index (Phi) is 3.31. The topological polar surface area (TPSA) is 55.2 Å². The van der Waals surface area contributed by atoms with Crippen molar-refractivity contribution >= 4 is 10.9 Å². The fourth-order valence-corrected chi connectivity index (χ4v) is 2.18. The van der Waals surface area contributed by atoms with E-state index in [1.54, 1.807) is 7.11 Å². The highest BCUT2D eigenvalue weighted by Gasteiger charge is 2.06. The lowest BCUT2D eigenvalue weighted by atomic mass is 10.0. The van der Waals surface area contributed by atoms with Crippen LogP contribution in [0.2, 0.25) is 0 Å². The van der Waals surface area contributed by atoms with Crippen molar-refractivity contribution in [2.45, 2.75) is 6.61 Å². The van der Waals surface area contributed by atoms with E-state index in [1.165, 1.54) is 6.33 Å². The summed E-state index contributed by atoms with van der Waals surface area (Å²) < 4.78 is 5.27. The average Bonchev–Trinajstić information content (AvgIpc) is 2.54. The monoisotopic (exact) mass is 266 g/mol. The van der Waals surface area contributed by atoms with Gasteiger partial charge in [-0.3, -0.25) is 0 Å². The molecule has 4 nitrogen and oxygen atoms in total. The van der Waals surface area contributed by atoms with Crippen LogP contribution < -0.4 is 4.74 Å². The van der Waals surface area contributed by atoms with Crippen LogP contribution in [0.25, 0.3) is 22.0 Å². The third kappa shape index (κ3) is 2.21. The second-order valence-corrected chi connectivity index (χ2v) is 4.47. The summed E-state index contributed by atoms with van der Waals surface area (Å²) in [6.45, 7) is 0.0552. The molecule has 0 aliphatic heterocycles. The predicted molar refractivity (Wildman–Crippen MR) is 77.4 cm³/mol. The zero-order valence-electron chi connectivity index (χ0n) is 11.1. The molecule has 100 valence electrons. The molecule has 1 aromatic heterocycles. The Balaban J connectivity index is 2.11. The smallest absolute Gasteiger partial charge is 0.224 e. The molecule has 1 N–H and O–H groups in total. The number of aliphatic hydroxyl groups is 1. The van der Waals surface area contributed by atoms with E-state index in [-0.39, 0.29) is 6.61 Å². The quantitative estimate of drug-likeness (QED) is 0.792. The van der Waals surface area contributed by atoms with Crippen LogP contribution in [0.1, 0.15) is 5.56 Å². The molecular formula is C16H14N2O2. The molecular weight excluding hydrogens is 252 g/mol. The van der Waals surface area contributed by atoms with Crippen molar-refractivity contribution in [1.29, 1.82) is 0 Å². The van der Waals surface area contributed by atoms with E-state index in [0.717, 1.165) is 27.6 Å². The molecule has 0 unspecified atom stereocenters. The van der Waals surface area contributed by atoms with Crippen molar-refractivity contribution < 1.29 is 9.84 Å². The highest BCUT2D eigenvalue weighted by Crippen LogP contribution is 2.27. The van der Waals surface area contributed by atoms with Crippen LogP contribution in [0.4, 0.5) is 0 Å². The fraction of sp³-hybridized carbons (Fsp3) is 0.125. The van der Waals surface area contributed by atoms with Gasteiger partial charge in [0.1, 0.15) is 6.33 Å². The normalized spacial score (nSPS) is 10.7. The largest absolute Gasteiger partial charge is 0.480 e. The van der Waals surface area contributed by atoms with E-state index < -0.39 is 0 Å². The molecule has 0 fully saturated rings. The Morgan fingerprint density at radius 2 is 1.75 bits per heavy atom. The summed E-state index contributed by atoms with van der Waals surface area (Å²) in [6.07, 6.45) is 1.50. The molecule has 0 aliphatic carbocycles. The first-order chi connectivity index (χ1) is 9.81. The van der Waals surface area contributed by atoms with Crippen LogP contribution >= 0.6 is 0 Å². The van der Waals surface area contributed by atoms with E-state index in [9.17, 15) is 0 Å². The van der Waals surface area contributed by atoms with Crippen LogP contribution in [-0.4, -0.2) is 22.2 Å². The number of aliphatic hydroxyl groups excluding tert-OH is 1. The first-order valence-electron chi connectivity index (χ1n) is 6.31. The summed E-state index contributed by atoms with van der Waals surface area (Å²) in [7, 11) is 1.60. The Bertz CT molecular complexity index is 739. The van der Waals surface area contributed by atoms with Crippen LogP contribution in [0.15, 0.2) is 48.8 Å². The van der Waals surface area contributed by atoms with E-state index in [2.05, 4.69) is 9.97 Å². The molecule has 3 rings (SSSR count). The lowest BCUT2D eigenvalue weighted by Gasteiger charge is -2.07. The van der Waals surface area contributed by atoms with E-state index >= 15 is 0 Å². The van der Waals surface area contributed by atoms with Gasteiger partial charge in [0, 0.05) is 0 Å². The summed E-state index contributed by atoms with van der Waals surface area (Å²) in [6, 6.07) is 13.8. The number of hydrogen-bond donors (Lipinski definition) is 1. The molecule has 20 heavy (non-hydrogen) atoms.